The largest absolute Gasteiger partial charge is 0.330 e. The molecule has 0 spiro atoms. The first-order valence-electron chi connectivity index (χ1n) is 7.23. The number of nitrogens with zero attached hydrogens (tertiary/aromatic N) is 3. The highest BCUT2D eigenvalue weighted by molar-refractivity contribution is 6.30. The van der Waals surface area contributed by atoms with Gasteiger partial charge in [-0.25, -0.2) is 4.98 Å². The van der Waals surface area contributed by atoms with Crippen LogP contribution in [0.5, 0.6) is 0 Å². The first kappa shape index (κ1) is 16.7. The summed E-state index contributed by atoms with van der Waals surface area (Å²) in [5.74, 6) is 0.987. The van der Waals surface area contributed by atoms with Gasteiger partial charge in [0.15, 0.2) is 0 Å². The Bertz CT molecular complexity index is 536. The number of pyridine rings is 1. The van der Waals surface area contributed by atoms with E-state index in [0.29, 0.717) is 5.15 Å². The van der Waals surface area contributed by atoms with E-state index >= 15 is 0 Å². The van der Waals surface area contributed by atoms with Gasteiger partial charge in [-0.15, -0.1) is 0 Å². The minimum atomic E-state index is 0.559. The van der Waals surface area contributed by atoms with Crippen molar-refractivity contribution in [3.8, 4) is 0 Å². The van der Waals surface area contributed by atoms with Gasteiger partial charge < -0.3 is 4.90 Å². The van der Waals surface area contributed by atoms with E-state index in [2.05, 4.69) is 34.0 Å². The van der Waals surface area contributed by atoms with E-state index in [0.717, 1.165) is 24.5 Å². The van der Waals surface area contributed by atoms with Crippen LogP contribution >= 0.6 is 11.6 Å². The van der Waals surface area contributed by atoms with Crippen LogP contribution in [0.25, 0.3) is 10.8 Å². The van der Waals surface area contributed by atoms with Crippen molar-refractivity contribution in [1.82, 2.24) is 9.88 Å². The van der Waals surface area contributed by atoms with E-state index in [1.54, 1.807) is 0 Å². The van der Waals surface area contributed by atoms with Gasteiger partial charge in [0.25, 0.3) is 0 Å². The van der Waals surface area contributed by atoms with Crippen LogP contribution in [0, 0.1) is 0 Å². The minimum absolute atomic E-state index is 0.559. The summed E-state index contributed by atoms with van der Waals surface area (Å²) < 4.78 is 0. The van der Waals surface area contributed by atoms with Crippen molar-refractivity contribution in [3.63, 3.8) is 0 Å². The van der Waals surface area contributed by atoms with Crippen molar-refractivity contribution in [2.75, 3.05) is 25.3 Å². The molecule has 1 aliphatic heterocycles. The van der Waals surface area contributed by atoms with Crippen molar-refractivity contribution in [3.05, 3.63) is 35.5 Å². The maximum Gasteiger partial charge on any atom is 0.140 e. The first-order valence-corrected chi connectivity index (χ1v) is 7.60. The average Bonchev–Trinajstić information content (AvgIpc) is 2.47. The molecule has 1 saturated heterocycles. The topological polar surface area (TPSA) is 19.4 Å². The molecule has 0 amide bonds. The van der Waals surface area contributed by atoms with E-state index in [4.69, 9.17) is 11.6 Å². The van der Waals surface area contributed by atoms with Gasteiger partial charge in [-0.05, 0) is 18.5 Å². The highest BCUT2D eigenvalue weighted by Gasteiger charge is 2.23. The van der Waals surface area contributed by atoms with Crippen molar-refractivity contribution < 1.29 is 0 Å². The zero-order valence-corrected chi connectivity index (χ0v) is 13.8. The fraction of sp³-hybridized carbons (Fsp3) is 0.438. The SMILES string of the molecule is CC.CC.CN1CN(c2nc(Cl)cc3ccccc23)C1. The van der Waals surface area contributed by atoms with Gasteiger partial charge >= 0.3 is 0 Å². The zero-order valence-electron chi connectivity index (χ0n) is 13.0. The molecule has 0 N–H and O–H groups in total. The van der Waals surface area contributed by atoms with Gasteiger partial charge in [0.1, 0.15) is 11.0 Å². The third-order valence-electron chi connectivity index (χ3n) is 2.81. The number of fused-ring (bicyclic) bond motifs is 1. The molecular weight excluding hydrogens is 270 g/mol. The van der Waals surface area contributed by atoms with Gasteiger partial charge in [-0.3, -0.25) is 4.90 Å². The van der Waals surface area contributed by atoms with Crippen molar-refractivity contribution in [2.45, 2.75) is 27.7 Å². The molecule has 0 aliphatic carbocycles. The Balaban J connectivity index is 0.000000461. The average molecular weight is 294 g/mol. The quantitative estimate of drug-likeness (QED) is 0.716. The van der Waals surface area contributed by atoms with Crippen molar-refractivity contribution >= 4 is 28.2 Å². The maximum atomic E-state index is 6.03. The van der Waals surface area contributed by atoms with Crippen LogP contribution in [-0.4, -0.2) is 30.3 Å². The Morgan fingerprint density at radius 2 is 1.65 bits per heavy atom. The molecule has 0 saturated carbocycles. The van der Waals surface area contributed by atoms with Crippen LogP contribution < -0.4 is 4.90 Å². The Hall–Kier alpha value is -1.32. The molecule has 0 unspecified atom stereocenters. The monoisotopic (exact) mass is 293 g/mol. The summed E-state index contributed by atoms with van der Waals surface area (Å²) in [5, 5.41) is 2.87. The van der Waals surface area contributed by atoms with Gasteiger partial charge in [0, 0.05) is 5.39 Å². The molecule has 110 valence electrons. The molecule has 0 bridgehead atoms. The van der Waals surface area contributed by atoms with Crippen LogP contribution in [0.15, 0.2) is 30.3 Å². The normalized spacial score (nSPS) is 13.8. The molecule has 2 aromatic rings. The summed E-state index contributed by atoms with van der Waals surface area (Å²) in [4.78, 5) is 8.86. The summed E-state index contributed by atoms with van der Waals surface area (Å²) in [7, 11) is 2.09. The maximum absolute atomic E-state index is 6.03. The standard InChI is InChI=1S/C12H12ClN3.2C2H6/c1-15-7-16(8-15)12-10-5-3-2-4-9(10)6-11(13)14-12;2*1-2/h2-6H,7-8H2,1H3;2*1-2H3. The molecule has 1 aliphatic rings. The second kappa shape index (κ2) is 8.08. The lowest BCUT2D eigenvalue weighted by atomic mass is 10.1. The summed E-state index contributed by atoms with van der Waals surface area (Å²) in [5.41, 5.74) is 0. The molecule has 0 atom stereocenters. The molecule has 3 nitrogen and oxygen atoms in total. The molecule has 0 radical (unpaired) electrons. The molecule has 1 fully saturated rings. The van der Waals surface area contributed by atoms with Gasteiger partial charge in [0.2, 0.25) is 0 Å². The number of halogens is 1. The fourth-order valence-corrected chi connectivity index (χ4v) is 2.26. The summed E-state index contributed by atoms with van der Waals surface area (Å²) >= 11 is 6.03. The van der Waals surface area contributed by atoms with Crippen LogP contribution in [0.4, 0.5) is 5.82 Å². The first-order chi connectivity index (χ1) is 9.74. The Morgan fingerprint density at radius 1 is 1.05 bits per heavy atom. The van der Waals surface area contributed by atoms with E-state index in [9.17, 15) is 0 Å². The number of benzene rings is 1. The van der Waals surface area contributed by atoms with Crippen LogP contribution in [0.1, 0.15) is 27.7 Å². The number of hydrogen-bond acceptors (Lipinski definition) is 3. The second-order valence-electron chi connectivity index (χ2n) is 4.17. The second-order valence-corrected chi connectivity index (χ2v) is 4.56. The Labute approximate surface area is 127 Å². The summed E-state index contributed by atoms with van der Waals surface area (Å²) in [6, 6.07) is 10.1. The predicted octanol–water partition coefficient (Wildman–Crippen LogP) is 4.61. The molecular formula is C16H24ClN3. The summed E-state index contributed by atoms with van der Waals surface area (Å²) in [6.07, 6.45) is 0. The van der Waals surface area contributed by atoms with E-state index in [-0.39, 0.29) is 0 Å². The number of aromatic nitrogens is 1. The lowest BCUT2D eigenvalue weighted by Crippen LogP contribution is -2.53. The van der Waals surface area contributed by atoms with Gasteiger partial charge in [-0.2, -0.15) is 0 Å². The molecule has 1 aromatic carbocycles. The molecule has 2 heterocycles. The highest BCUT2D eigenvalue weighted by Crippen LogP contribution is 2.29. The molecule has 1 aromatic heterocycles. The lowest BCUT2D eigenvalue weighted by Gasteiger charge is -2.41. The zero-order chi connectivity index (χ0) is 15.1. The fourth-order valence-electron chi connectivity index (χ4n) is 2.06. The smallest absolute Gasteiger partial charge is 0.140 e. The van der Waals surface area contributed by atoms with Gasteiger partial charge in [-0.1, -0.05) is 63.6 Å². The van der Waals surface area contributed by atoms with Crippen LogP contribution in [-0.2, 0) is 0 Å². The molecule has 3 rings (SSSR count). The number of rotatable bonds is 1. The van der Waals surface area contributed by atoms with E-state index in [1.165, 1.54) is 5.39 Å². The third-order valence-corrected chi connectivity index (χ3v) is 3.01. The lowest BCUT2D eigenvalue weighted by molar-refractivity contribution is 0.230. The summed E-state index contributed by atoms with van der Waals surface area (Å²) in [6.45, 7) is 9.83. The molecule has 20 heavy (non-hydrogen) atoms. The van der Waals surface area contributed by atoms with Crippen molar-refractivity contribution in [2.24, 2.45) is 0 Å². The van der Waals surface area contributed by atoms with E-state index < -0.39 is 0 Å². The number of anilines is 1. The van der Waals surface area contributed by atoms with Gasteiger partial charge in [0.05, 0.1) is 13.3 Å². The Morgan fingerprint density at radius 3 is 2.25 bits per heavy atom. The Kier molecular flexibility index (Phi) is 6.76. The minimum Gasteiger partial charge on any atom is -0.330 e. The molecule has 4 heteroatoms. The highest BCUT2D eigenvalue weighted by atomic mass is 35.5. The third kappa shape index (κ3) is 3.62. The van der Waals surface area contributed by atoms with E-state index in [1.807, 2.05) is 45.9 Å². The number of hydrogen-bond donors (Lipinski definition) is 0. The van der Waals surface area contributed by atoms with Crippen LogP contribution in [0.3, 0.4) is 0 Å². The van der Waals surface area contributed by atoms with Crippen LogP contribution in [0.2, 0.25) is 5.15 Å². The predicted molar refractivity (Wildman–Crippen MR) is 89.4 cm³/mol. The van der Waals surface area contributed by atoms with Crippen molar-refractivity contribution in [1.29, 1.82) is 0 Å².